The van der Waals surface area contributed by atoms with Gasteiger partial charge < -0.3 is 15.2 Å². The summed E-state index contributed by atoms with van der Waals surface area (Å²) in [5.74, 6) is -1.83. The van der Waals surface area contributed by atoms with Crippen LogP contribution in [0.25, 0.3) is 6.08 Å². The van der Waals surface area contributed by atoms with Gasteiger partial charge in [0.15, 0.2) is 0 Å². The number of nitrogens with one attached hydrogen (secondary N) is 1. The summed E-state index contributed by atoms with van der Waals surface area (Å²) in [4.78, 5) is 49.5. The molecule has 0 unspecified atom stereocenters. The molecular formula is C25H24N2O6S2. The highest BCUT2D eigenvalue weighted by atomic mass is 32.2. The van der Waals surface area contributed by atoms with E-state index in [1.54, 1.807) is 47.4 Å². The van der Waals surface area contributed by atoms with Crippen LogP contribution >= 0.6 is 24.0 Å². The Morgan fingerprint density at radius 2 is 1.83 bits per heavy atom. The SMILES string of the molecule is COC(=O)c1ccc(/C=C2\SC(=S)N(CCCCCC(=O)Nc3cccc(C(=O)O)c3)C2=O)cc1. The third-order valence-corrected chi connectivity index (χ3v) is 6.56. The van der Waals surface area contributed by atoms with E-state index in [1.807, 2.05) is 0 Å². The van der Waals surface area contributed by atoms with E-state index in [4.69, 9.17) is 17.3 Å². The second-order valence-electron chi connectivity index (χ2n) is 7.69. The summed E-state index contributed by atoms with van der Waals surface area (Å²) >= 11 is 6.60. The molecule has 1 saturated heterocycles. The summed E-state index contributed by atoms with van der Waals surface area (Å²) in [6.07, 6.45) is 4.08. The molecule has 182 valence electrons. The minimum Gasteiger partial charge on any atom is -0.478 e. The zero-order valence-electron chi connectivity index (χ0n) is 19.0. The van der Waals surface area contributed by atoms with Gasteiger partial charge >= 0.3 is 11.9 Å². The number of esters is 1. The fourth-order valence-corrected chi connectivity index (χ4v) is 4.67. The first-order chi connectivity index (χ1) is 16.8. The Kier molecular flexibility index (Phi) is 9.16. The first-order valence-corrected chi connectivity index (χ1v) is 12.1. The number of benzene rings is 2. The topological polar surface area (TPSA) is 113 Å². The number of hydrogen-bond donors (Lipinski definition) is 2. The number of thiocarbonyl (C=S) groups is 1. The van der Waals surface area contributed by atoms with E-state index in [0.29, 0.717) is 39.9 Å². The Hall–Kier alpha value is -3.50. The third-order valence-electron chi connectivity index (χ3n) is 5.18. The molecule has 35 heavy (non-hydrogen) atoms. The average molecular weight is 513 g/mol. The Morgan fingerprint density at radius 1 is 1.09 bits per heavy atom. The van der Waals surface area contributed by atoms with E-state index in [-0.39, 0.29) is 23.8 Å². The number of methoxy groups -OCH3 is 1. The van der Waals surface area contributed by atoms with Crippen LogP contribution in [0, 0.1) is 0 Å². The number of carboxylic acid groups (broad SMARTS) is 1. The van der Waals surface area contributed by atoms with Gasteiger partial charge in [-0.15, -0.1) is 0 Å². The number of unbranched alkanes of at least 4 members (excludes halogenated alkanes) is 2. The molecule has 0 radical (unpaired) electrons. The quantitative estimate of drug-likeness (QED) is 0.206. The van der Waals surface area contributed by atoms with E-state index in [2.05, 4.69) is 10.1 Å². The highest BCUT2D eigenvalue weighted by Crippen LogP contribution is 2.32. The van der Waals surface area contributed by atoms with Gasteiger partial charge in [-0.2, -0.15) is 0 Å². The van der Waals surface area contributed by atoms with Crippen LogP contribution < -0.4 is 5.32 Å². The molecule has 0 bridgehead atoms. The summed E-state index contributed by atoms with van der Waals surface area (Å²) in [5, 5.41) is 11.7. The molecule has 0 spiro atoms. The van der Waals surface area contributed by atoms with E-state index >= 15 is 0 Å². The number of carbonyl (C=O) groups is 4. The Morgan fingerprint density at radius 3 is 2.51 bits per heavy atom. The van der Waals surface area contributed by atoms with Gasteiger partial charge in [-0.1, -0.05) is 48.6 Å². The van der Waals surface area contributed by atoms with Gasteiger partial charge in [-0.3, -0.25) is 14.5 Å². The highest BCUT2D eigenvalue weighted by molar-refractivity contribution is 8.26. The lowest BCUT2D eigenvalue weighted by atomic mass is 10.1. The van der Waals surface area contributed by atoms with Crippen LogP contribution in [0.3, 0.4) is 0 Å². The summed E-state index contributed by atoms with van der Waals surface area (Å²) in [6, 6.07) is 12.8. The maximum atomic E-state index is 12.8. The molecule has 3 rings (SSSR count). The monoisotopic (exact) mass is 512 g/mol. The van der Waals surface area contributed by atoms with Crippen LogP contribution in [0.5, 0.6) is 0 Å². The Labute approximate surface area is 212 Å². The number of rotatable bonds is 10. The van der Waals surface area contributed by atoms with Gasteiger partial charge in [0.2, 0.25) is 5.91 Å². The number of ether oxygens (including phenoxy) is 1. The summed E-state index contributed by atoms with van der Waals surface area (Å²) < 4.78 is 5.17. The number of nitrogens with zero attached hydrogens (tertiary/aromatic N) is 1. The molecule has 1 aliphatic heterocycles. The molecule has 2 aromatic rings. The zero-order valence-corrected chi connectivity index (χ0v) is 20.6. The predicted molar refractivity (Wildman–Crippen MR) is 138 cm³/mol. The van der Waals surface area contributed by atoms with Crippen molar-refractivity contribution in [3.63, 3.8) is 0 Å². The van der Waals surface area contributed by atoms with Crippen LogP contribution in [-0.4, -0.2) is 51.7 Å². The van der Waals surface area contributed by atoms with Gasteiger partial charge in [-0.05, 0) is 54.8 Å². The van der Waals surface area contributed by atoms with Gasteiger partial charge in [0.25, 0.3) is 5.91 Å². The molecule has 0 aliphatic carbocycles. The zero-order chi connectivity index (χ0) is 25.4. The lowest BCUT2D eigenvalue weighted by Gasteiger charge is -2.14. The molecule has 10 heteroatoms. The van der Waals surface area contributed by atoms with Crippen molar-refractivity contribution in [2.24, 2.45) is 0 Å². The van der Waals surface area contributed by atoms with Gasteiger partial charge in [-0.25, -0.2) is 9.59 Å². The molecule has 1 aliphatic rings. The normalized spacial score (nSPS) is 14.3. The molecule has 8 nitrogen and oxygen atoms in total. The predicted octanol–water partition coefficient (Wildman–Crippen LogP) is 4.57. The molecule has 2 aromatic carbocycles. The Bertz CT molecular complexity index is 1180. The van der Waals surface area contributed by atoms with E-state index < -0.39 is 11.9 Å². The summed E-state index contributed by atoms with van der Waals surface area (Å²) in [7, 11) is 1.32. The Balaban J connectivity index is 1.43. The van der Waals surface area contributed by atoms with Crippen molar-refractivity contribution >= 4 is 63.8 Å². The summed E-state index contributed by atoms with van der Waals surface area (Å²) in [6.45, 7) is 0.464. The van der Waals surface area contributed by atoms with Crippen molar-refractivity contribution in [1.82, 2.24) is 4.90 Å². The molecule has 0 aromatic heterocycles. The van der Waals surface area contributed by atoms with Gasteiger partial charge in [0.05, 0.1) is 23.1 Å². The second kappa shape index (κ2) is 12.3. The lowest BCUT2D eigenvalue weighted by molar-refractivity contribution is -0.122. The fourth-order valence-electron chi connectivity index (χ4n) is 3.36. The van der Waals surface area contributed by atoms with E-state index in [9.17, 15) is 19.2 Å². The molecule has 0 saturated carbocycles. The summed E-state index contributed by atoms with van der Waals surface area (Å²) in [5.41, 5.74) is 1.76. The largest absolute Gasteiger partial charge is 0.478 e. The number of thioether (sulfide) groups is 1. The van der Waals surface area contributed by atoms with Crippen molar-refractivity contribution in [1.29, 1.82) is 0 Å². The van der Waals surface area contributed by atoms with Crippen LogP contribution in [0.1, 0.15) is 52.0 Å². The fraction of sp³-hybridized carbons (Fsp3) is 0.240. The number of hydrogen-bond acceptors (Lipinski definition) is 7. The van der Waals surface area contributed by atoms with Crippen molar-refractivity contribution < 1.29 is 29.0 Å². The second-order valence-corrected chi connectivity index (χ2v) is 9.37. The molecule has 1 heterocycles. The molecule has 1 fully saturated rings. The minimum absolute atomic E-state index is 0.110. The maximum Gasteiger partial charge on any atom is 0.337 e. The number of carbonyl (C=O) groups excluding carboxylic acids is 3. The minimum atomic E-state index is -1.05. The van der Waals surface area contributed by atoms with Crippen LogP contribution in [0.2, 0.25) is 0 Å². The number of carboxylic acids is 1. The van der Waals surface area contributed by atoms with Gasteiger partial charge in [0.1, 0.15) is 4.32 Å². The number of aromatic carboxylic acids is 1. The standard InChI is InChI=1S/C25H24N2O6S2/c1-33-24(32)17-11-9-16(10-12-17)14-20-22(29)27(25(34)35-20)13-4-2-3-8-21(28)26-19-7-5-6-18(15-19)23(30)31/h5-7,9-12,14-15H,2-4,8,13H2,1H3,(H,26,28)(H,30,31)/b20-14-. The molecule has 2 N–H and O–H groups in total. The van der Waals surface area contributed by atoms with Crippen molar-refractivity contribution in [3.05, 3.63) is 70.1 Å². The molecule has 0 atom stereocenters. The molecule has 2 amide bonds. The first kappa shape index (κ1) is 26.1. The highest BCUT2D eigenvalue weighted by Gasteiger charge is 2.31. The number of amides is 2. The van der Waals surface area contributed by atoms with Crippen molar-refractivity contribution in [3.8, 4) is 0 Å². The first-order valence-electron chi connectivity index (χ1n) is 10.9. The average Bonchev–Trinajstić information content (AvgIpc) is 3.11. The molecular weight excluding hydrogens is 488 g/mol. The smallest absolute Gasteiger partial charge is 0.337 e. The lowest BCUT2D eigenvalue weighted by Crippen LogP contribution is -2.29. The van der Waals surface area contributed by atoms with E-state index in [0.717, 1.165) is 12.0 Å². The van der Waals surface area contributed by atoms with Crippen LogP contribution in [-0.2, 0) is 14.3 Å². The maximum absolute atomic E-state index is 12.8. The van der Waals surface area contributed by atoms with Crippen LogP contribution in [0.4, 0.5) is 5.69 Å². The van der Waals surface area contributed by atoms with Crippen molar-refractivity contribution in [2.75, 3.05) is 19.0 Å². The van der Waals surface area contributed by atoms with Crippen LogP contribution in [0.15, 0.2) is 53.4 Å². The van der Waals surface area contributed by atoms with Crippen molar-refractivity contribution in [2.45, 2.75) is 25.7 Å². The third kappa shape index (κ3) is 7.24. The van der Waals surface area contributed by atoms with Gasteiger partial charge in [0, 0.05) is 18.7 Å². The van der Waals surface area contributed by atoms with E-state index in [1.165, 1.54) is 31.0 Å². The number of anilines is 1.